The van der Waals surface area contributed by atoms with Gasteiger partial charge in [-0.05, 0) is 36.6 Å². The molecule has 0 fully saturated rings. The first-order chi connectivity index (χ1) is 7.52. The van der Waals surface area contributed by atoms with Crippen molar-refractivity contribution in [3.05, 3.63) is 28.8 Å². The minimum absolute atomic E-state index is 0.158. The van der Waals surface area contributed by atoms with E-state index in [0.717, 1.165) is 22.4 Å². The summed E-state index contributed by atoms with van der Waals surface area (Å²) >= 11 is 0. The summed E-state index contributed by atoms with van der Waals surface area (Å²) < 4.78 is 5.22. The molecule has 2 unspecified atom stereocenters. The maximum Gasteiger partial charge on any atom is 0.122 e. The molecule has 0 spiro atoms. The van der Waals surface area contributed by atoms with E-state index < -0.39 is 12.1 Å². The molecule has 2 atom stereocenters. The Hall–Kier alpha value is -1.10. The molecule has 4 nitrogen and oxygen atoms in total. The zero-order chi connectivity index (χ0) is 12.3. The van der Waals surface area contributed by atoms with Crippen LogP contribution in [0.5, 0.6) is 5.75 Å². The monoisotopic (exact) mass is 224 g/mol. The molecule has 0 amide bonds. The van der Waals surface area contributed by atoms with Crippen LogP contribution >= 0.6 is 0 Å². The molecular formula is C12H20N2O2. The quantitative estimate of drug-likeness (QED) is 0.700. The standard InChI is InChI=1S/C12H20N2O2/c1-7-8(2)11(16-3)5-4-9(7)12(14)10(15)6-13/h4-5,10,12,15H,6,13-14H2,1-3H3. The van der Waals surface area contributed by atoms with E-state index in [4.69, 9.17) is 16.2 Å². The molecule has 0 radical (unpaired) electrons. The Kier molecular flexibility index (Phi) is 4.29. The Balaban J connectivity index is 3.11. The van der Waals surface area contributed by atoms with E-state index in [0.29, 0.717) is 0 Å². The van der Waals surface area contributed by atoms with E-state index in [1.165, 1.54) is 0 Å². The molecule has 1 rings (SSSR count). The van der Waals surface area contributed by atoms with Crippen LogP contribution in [0.15, 0.2) is 12.1 Å². The smallest absolute Gasteiger partial charge is 0.122 e. The molecule has 1 aromatic carbocycles. The van der Waals surface area contributed by atoms with E-state index in [1.807, 2.05) is 26.0 Å². The highest BCUT2D eigenvalue weighted by molar-refractivity contribution is 5.45. The number of aliphatic hydroxyl groups excluding tert-OH is 1. The van der Waals surface area contributed by atoms with Gasteiger partial charge in [-0.2, -0.15) is 0 Å². The number of hydrogen-bond donors (Lipinski definition) is 3. The van der Waals surface area contributed by atoms with Crippen LogP contribution in [0.1, 0.15) is 22.7 Å². The molecule has 90 valence electrons. The Morgan fingerprint density at radius 3 is 2.44 bits per heavy atom. The summed E-state index contributed by atoms with van der Waals surface area (Å²) in [5, 5.41) is 9.64. The third-order valence-corrected chi connectivity index (χ3v) is 3.01. The first kappa shape index (κ1) is 13.0. The summed E-state index contributed by atoms with van der Waals surface area (Å²) in [5.41, 5.74) is 14.3. The van der Waals surface area contributed by atoms with E-state index in [2.05, 4.69) is 0 Å². The zero-order valence-corrected chi connectivity index (χ0v) is 10.0. The predicted octanol–water partition coefficient (Wildman–Crippen LogP) is 0.631. The van der Waals surface area contributed by atoms with Crippen LogP contribution in [0.2, 0.25) is 0 Å². The molecule has 5 N–H and O–H groups in total. The number of benzene rings is 1. The van der Waals surface area contributed by atoms with Crippen molar-refractivity contribution in [2.75, 3.05) is 13.7 Å². The molecular weight excluding hydrogens is 204 g/mol. The van der Waals surface area contributed by atoms with Crippen LogP contribution in [0.3, 0.4) is 0 Å². The van der Waals surface area contributed by atoms with Gasteiger partial charge in [-0.1, -0.05) is 6.07 Å². The van der Waals surface area contributed by atoms with Crippen molar-refractivity contribution >= 4 is 0 Å². The van der Waals surface area contributed by atoms with Crippen LogP contribution in [-0.4, -0.2) is 24.9 Å². The number of ether oxygens (including phenoxy) is 1. The number of rotatable bonds is 4. The minimum Gasteiger partial charge on any atom is -0.496 e. The van der Waals surface area contributed by atoms with Crippen LogP contribution in [0.4, 0.5) is 0 Å². The van der Waals surface area contributed by atoms with Crippen molar-refractivity contribution in [2.45, 2.75) is 26.0 Å². The average Bonchev–Trinajstić information content (AvgIpc) is 2.30. The van der Waals surface area contributed by atoms with E-state index >= 15 is 0 Å². The topological polar surface area (TPSA) is 81.5 Å². The third kappa shape index (κ3) is 2.35. The van der Waals surface area contributed by atoms with Crippen LogP contribution in [0, 0.1) is 13.8 Å². The second kappa shape index (κ2) is 5.30. The summed E-state index contributed by atoms with van der Waals surface area (Å²) in [4.78, 5) is 0. The average molecular weight is 224 g/mol. The fraction of sp³-hybridized carbons (Fsp3) is 0.500. The van der Waals surface area contributed by atoms with Crippen molar-refractivity contribution in [2.24, 2.45) is 11.5 Å². The summed E-state index contributed by atoms with van der Waals surface area (Å²) in [5.74, 6) is 0.829. The molecule has 0 saturated carbocycles. The van der Waals surface area contributed by atoms with Crippen molar-refractivity contribution in [1.29, 1.82) is 0 Å². The lowest BCUT2D eigenvalue weighted by Crippen LogP contribution is -2.33. The van der Waals surface area contributed by atoms with Gasteiger partial charge in [0.15, 0.2) is 0 Å². The molecule has 0 bridgehead atoms. The Morgan fingerprint density at radius 2 is 1.94 bits per heavy atom. The molecule has 0 aromatic heterocycles. The Bertz CT molecular complexity index is 366. The van der Waals surface area contributed by atoms with Gasteiger partial charge in [0.25, 0.3) is 0 Å². The SMILES string of the molecule is COc1ccc(C(N)C(O)CN)c(C)c1C. The highest BCUT2D eigenvalue weighted by Gasteiger charge is 2.18. The molecule has 0 aliphatic rings. The van der Waals surface area contributed by atoms with Gasteiger partial charge in [-0.15, -0.1) is 0 Å². The second-order valence-corrected chi connectivity index (χ2v) is 3.94. The Morgan fingerprint density at radius 1 is 1.31 bits per heavy atom. The Labute approximate surface area is 96.2 Å². The third-order valence-electron chi connectivity index (χ3n) is 3.01. The molecule has 0 saturated heterocycles. The number of hydrogen-bond acceptors (Lipinski definition) is 4. The van der Waals surface area contributed by atoms with E-state index in [9.17, 15) is 5.11 Å². The second-order valence-electron chi connectivity index (χ2n) is 3.94. The van der Waals surface area contributed by atoms with Gasteiger partial charge in [0.1, 0.15) is 5.75 Å². The van der Waals surface area contributed by atoms with Gasteiger partial charge < -0.3 is 21.3 Å². The fourth-order valence-electron chi connectivity index (χ4n) is 1.75. The first-order valence-corrected chi connectivity index (χ1v) is 5.30. The summed E-state index contributed by atoms with van der Waals surface area (Å²) in [6.45, 7) is 4.10. The predicted molar refractivity (Wildman–Crippen MR) is 64.5 cm³/mol. The van der Waals surface area contributed by atoms with Crippen molar-refractivity contribution in [1.82, 2.24) is 0 Å². The van der Waals surface area contributed by atoms with Gasteiger partial charge in [-0.25, -0.2) is 0 Å². The largest absolute Gasteiger partial charge is 0.496 e. The maximum atomic E-state index is 9.64. The zero-order valence-electron chi connectivity index (χ0n) is 10.0. The summed E-state index contributed by atoms with van der Waals surface area (Å²) in [6, 6.07) is 3.29. The molecule has 16 heavy (non-hydrogen) atoms. The van der Waals surface area contributed by atoms with Crippen molar-refractivity contribution in [3.63, 3.8) is 0 Å². The summed E-state index contributed by atoms with van der Waals surface area (Å²) in [7, 11) is 1.64. The molecule has 0 aliphatic carbocycles. The number of aliphatic hydroxyl groups is 1. The van der Waals surface area contributed by atoms with Crippen molar-refractivity contribution < 1.29 is 9.84 Å². The van der Waals surface area contributed by atoms with E-state index in [1.54, 1.807) is 7.11 Å². The highest BCUT2D eigenvalue weighted by atomic mass is 16.5. The lowest BCUT2D eigenvalue weighted by atomic mass is 9.94. The van der Waals surface area contributed by atoms with Crippen LogP contribution in [0.25, 0.3) is 0 Å². The summed E-state index contributed by atoms with van der Waals surface area (Å²) in [6.07, 6.45) is -0.716. The number of methoxy groups -OCH3 is 1. The molecule has 0 aliphatic heterocycles. The fourth-order valence-corrected chi connectivity index (χ4v) is 1.75. The molecule has 0 heterocycles. The van der Waals surface area contributed by atoms with Gasteiger partial charge in [0.05, 0.1) is 19.3 Å². The van der Waals surface area contributed by atoms with Crippen LogP contribution < -0.4 is 16.2 Å². The van der Waals surface area contributed by atoms with Gasteiger partial charge in [0, 0.05) is 6.54 Å². The first-order valence-electron chi connectivity index (χ1n) is 5.30. The van der Waals surface area contributed by atoms with E-state index in [-0.39, 0.29) is 6.54 Å². The van der Waals surface area contributed by atoms with Gasteiger partial charge in [-0.3, -0.25) is 0 Å². The van der Waals surface area contributed by atoms with Crippen LogP contribution in [-0.2, 0) is 0 Å². The number of nitrogens with two attached hydrogens (primary N) is 2. The van der Waals surface area contributed by atoms with Gasteiger partial charge in [0.2, 0.25) is 0 Å². The minimum atomic E-state index is -0.716. The lowest BCUT2D eigenvalue weighted by molar-refractivity contribution is 0.152. The van der Waals surface area contributed by atoms with Gasteiger partial charge >= 0.3 is 0 Å². The highest BCUT2D eigenvalue weighted by Crippen LogP contribution is 2.27. The normalized spacial score (nSPS) is 14.6. The molecule has 1 aromatic rings. The van der Waals surface area contributed by atoms with Crippen molar-refractivity contribution in [3.8, 4) is 5.75 Å². The maximum absolute atomic E-state index is 9.64. The molecule has 4 heteroatoms. The lowest BCUT2D eigenvalue weighted by Gasteiger charge is -2.21.